The van der Waals surface area contributed by atoms with Gasteiger partial charge in [-0.3, -0.25) is 9.88 Å². The first kappa shape index (κ1) is 25.1. The summed E-state index contributed by atoms with van der Waals surface area (Å²) in [6.45, 7) is 12.5. The van der Waals surface area contributed by atoms with Crippen LogP contribution in [0.5, 0.6) is 0 Å². The largest absolute Gasteiger partial charge is 0.379 e. The Morgan fingerprint density at radius 2 is 1.91 bits per heavy atom. The molecule has 4 heterocycles. The molecule has 0 spiro atoms. The number of rotatable bonds is 10. The summed E-state index contributed by atoms with van der Waals surface area (Å²) in [6, 6.07) is 8.71. The number of aryl methyl sites for hydroxylation is 1. The Morgan fingerprint density at radius 3 is 2.62 bits per heavy atom. The zero-order valence-corrected chi connectivity index (χ0v) is 22.0. The minimum absolute atomic E-state index is 0.0513. The Kier molecular flexibility index (Phi) is 8.58. The van der Waals surface area contributed by atoms with Crippen molar-refractivity contribution in [3.8, 4) is 0 Å². The molecule has 2 fully saturated rings. The summed E-state index contributed by atoms with van der Waals surface area (Å²) in [5.41, 5.74) is 5.06. The zero-order chi connectivity index (χ0) is 24.1. The molecule has 2 aliphatic heterocycles. The predicted octanol–water partition coefficient (Wildman–Crippen LogP) is 3.15. The molecule has 0 unspecified atom stereocenters. The Labute approximate surface area is 210 Å². The Bertz CT molecular complexity index is 940. The monoisotopic (exact) mass is 484 g/mol. The van der Waals surface area contributed by atoms with Crippen LogP contribution < -0.4 is 5.32 Å². The minimum atomic E-state index is 0.0513. The van der Waals surface area contributed by atoms with Gasteiger partial charge in [-0.2, -0.15) is 0 Å². The average molecular weight is 485 g/mol. The van der Waals surface area contributed by atoms with Crippen LogP contribution in [0.3, 0.4) is 0 Å². The third-order valence-corrected chi connectivity index (χ3v) is 7.45. The van der Waals surface area contributed by atoms with Gasteiger partial charge in [0.25, 0.3) is 0 Å². The van der Waals surface area contributed by atoms with Crippen LogP contribution in [0.1, 0.15) is 47.6 Å². The molecule has 0 amide bonds. The maximum Gasteiger partial charge on any atom is 0.170 e. The third-order valence-electron chi connectivity index (χ3n) is 7.09. The molecule has 34 heavy (non-hydrogen) atoms. The van der Waals surface area contributed by atoms with Crippen LogP contribution in [0.2, 0.25) is 0 Å². The highest BCUT2D eigenvalue weighted by Crippen LogP contribution is 2.40. The molecule has 0 aromatic carbocycles. The van der Waals surface area contributed by atoms with Gasteiger partial charge in [-0.1, -0.05) is 6.07 Å². The van der Waals surface area contributed by atoms with Crippen molar-refractivity contribution in [1.82, 2.24) is 29.6 Å². The molecule has 0 radical (unpaired) electrons. The summed E-state index contributed by atoms with van der Waals surface area (Å²) >= 11 is 5.85. The summed E-state index contributed by atoms with van der Waals surface area (Å²) in [7, 11) is 4.25. The van der Waals surface area contributed by atoms with E-state index < -0.39 is 0 Å². The first-order chi connectivity index (χ1) is 16.5. The molecule has 0 saturated carbocycles. The number of nitrogens with one attached hydrogen (secondary N) is 1. The van der Waals surface area contributed by atoms with Crippen LogP contribution in [-0.4, -0.2) is 89.4 Å². The number of pyridine rings is 1. The highest BCUT2D eigenvalue weighted by molar-refractivity contribution is 7.80. The van der Waals surface area contributed by atoms with Crippen LogP contribution in [0.15, 0.2) is 30.5 Å². The van der Waals surface area contributed by atoms with Crippen molar-refractivity contribution in [2.24, 2.45) is 0 Å². The quantitative estimate of drug-likeness (QED) is 0.520. The number of thiocarbonyl (C=S) groups is 1. The standard InChI is InChI=1S/C26H40N6OS/c1-20-19-22(21(2)31(20)13-8-12-30-15-17-33-18-16-30)25-24(23-9-5-6-10-27-23)28-26(34)32(25)14-7-11-29(3)4/h5-6,9-10,19,24-25H,7-8,11-18H2,1-4H3,(H,28,34)/t24-,25-/m1/s1. The van der Waals surface area contributed by atoms with E-state index in [2.05, 4.69) is 70.7 Å². The van der Waals surface area contributed by atoms with E-state index in [1.807, 2.05) is 12.3 Å². The first-order valence-corrected chi connectivity index (χ1v) is 13.0. The van der Waals surface area contributed by atoms with Crippen LogP contribution in [-0.2, 0) is 11.3 Å². The fourth-order valence-electron chi connectivity index (χ4n) is 5.29. The van der Waals surface area contributed by atoms with Gasteiger partial charge in [0.1, 0.15) is 0 Å². The van der Waals surface area contributed by atoms with Crippen molar-refractivity contribution >= 4 is 17.3 Å². The SMILES string of the molecule is Cc1cc([C@@H]2[C@@H](c3ccccn3)NC(=S)N2CCCN(C)C)c(C)n1CCCN1CCOCC1. The Hall–Kier alpha value is -2.00. The minimum Gasteiger partial charge on any atom is -0.379 e. The van der Waals surface area contributed by atoms with E-state index in [1.54, 1.807) is 0 Å². The van der Waals surface area contributed by atoms with Gasteiger partial charge in [-0.15, -0.1) is 0 Å². The lowest BCUT2D eigenvalue weighted by atomic mass is 9.96. The molecule has 4 rings (SSSR count). The highest BCUT2D eigenvalue weighted by Gasteiger charge is 2.41. The number of morpholine rings is 1. The van der Waals surface area contributed by atoms with Crippen molar-refractivity contribution in [2.45, 2.75) is 45.3 Å². The van der Waals surface area contributed by atoms with E-state index >= 15 is 0 Å². The molecular weight excluding hydrogens is 444 g/mol. The van der Waals surface area contributed by atoms with Crippen LogP contribution in [0.4, 0.5) is 0 Å². The van der Waals surface area contributed by atoms with E-state index in [-0.39, 0.29) is 12.1 Å². The summed E-state index contributed by atoms with van der Waals surface area (Å²) in [6.07, 6.45) is 4.09. The second-order valence-corrected chi connectivity index (χ2v) is 10.1. The lowest BCUT2D eigenvalue weighted by Gasteiger charge is -2.29. The van der Waals surface area contributed by atoms with E-state index in [1.165, 1.54) is 17.0 Å². The molecule has 1 N–H and O–H groups in total. The summed E-state index contributed by atoms with van der Waals surface area (Å²) in [4.78, 5) is 11.8. The molecule has 2 aliphatic rings. The van der Waals surface area contributed by atoms with E-state index in [0.29, 0.717) is 0 Å². The molecule has 0 aliphatic carbocycles. The second-order valence-electron chi connectivity index (χ2n) is 9.76. The summed E-state index contributed by atoms with van der Waals surface area (Å²) < 4.78 is 7.98. The predicted molar refractivity (Wildman–Crippen MR) is 141 cm³/mol. The van der Waals surface area contributed by atoms with E-state index in [0.717, 1.165) is 76.1 Å². The van der Waals surface area contributed by atoms with Crippen molar-refractivity contribution in [3.05, 3.63) is 53.1 Å². The number of aromatic nitrogens is 2. The topological polar surface area (TPSA) is 48.8 Å². The molecule has 8 heteroatoms. The van der Waals surface area contributed by atoms with Crippen LogP contribution in [0.25, 0.3) is 0 Å². The number of hydrogen-bond donors (Lipinski definition) is 1. The summed E-state index contributed by atoms with van der Waals surface area (Å²) in [5, 5.41) is 4.43. The number of nitrogens with zero attached hydrogens (tertiary/aromatic N) is 5. The van der Waals surface area contributed by atoms with Crippen molar-refractivity contribution in [2.75, 3.05) is 60.0 Å². The maximum absolute atomic E-state index is 5.85. The van der Waals surface area contributed by atoms with Gasteiger partial charge < -0.3 is 24.4 Å². The van der Waals surface area contributed by atoms with Gasteiger partial charge in [0.2, 0.25) is 0 Å². The van der Waals surface area contributed by atoms with Gasteiger partial charge in [-0.25, -0.2) is 0 Å². The first-order valence-electron chi connectivity index (χ1n) is 12.5. The maximum atomic E-state index is 5.85. The smallest absolute Gasteiger partial charge is 0.170 e. The van der Waals surface area contributed by atoms with Crippen molar-refractivity contribution in [1.29, 1.82) is 0 Å². The van der Waals surface area contributed by atoms with Gasteiger partial charge in [0.05, 0.1) is 31.0 Å². The molecule has 0 bridgehead atoms. The molecule has 2 atom stereocenters. The second kappa shape index (κ2) is 11.6. The van der Waals surface area contributed by atoms with E-state index in [4.69, 9.17) is 21.9 Å². The van der Waals surface area contributed by atoms with Crippen LogP contribution >= 0.6 is 12.2 Å². The van der Waals surface area contributed by atoms with Gasteiger partial charge >= 0.3 is 0 Å². The zero-order valence-electron chi connectivity index (χ0n) is 21.2. The highest BCUT2D eigenvalue weighted by atomic mass is 32.1. The average Bonchev–Trinajstić information content (AvgIpc) is 3.30. The van der Waals surface area contributed by atoms with Crippen molar-refractivity contribution in [3.63, 3.8) is 0 Å². The third kappa shape index (κ3) is 5.79. The molecule has 2 aromatic heterocycles. The van der Waals surface area contributed by atoms with Gasteiger partial charge in [-0.05, 0) is 83.3 Å². The fraction of sp³-hybridized carbons (Fsp3) is 0.615. The van der Waals surface area contributed by atoms with Gasteiger partial charge in [0, 0.05) is 50.3 Å². The Balaban J connectivity index is 1.55. The normalized spacial score (nSPS) is 21.4. The molecule has 2 aromatic rings. The Morgan fingerprint density at radius 1 is 1.12 bits per heavy atom. The van der Waals surface area contributed by atoms with Crippen LogP contribution in [0, 0.1) is 13.8 Å². The lowest BCUT2D eigenvalue weighted by molar-refractivity contribution is 0.0369. The van der Waals surface area contributed by atoms with Crippen molar-refractivity contribution < 1.29 is 4.74 Å². The fourth-order valence-corrected chi connectivity index (χ4v) is 5.62. The van der Waals surface area contributed by atoms with E-state index in [9.17, 15) is 0 Å². The summed E-state index contributed by atoms with van der Waals surface area (Å²) in [5.74, 6) is 0. The molecule has 186 valence electrons. The number of ether oxygens (including phenoxy) is 1. The molecular formula is C26H40N6OS. The molecule has 2 saturated heterocycles. The lowest BCUT2D eigenvalue weighted by Crippen LogP contribution is -2.37. The molecule has 7 nitrogen and oxygen atoms in total. The van der Waals surface area contributed by atoms with Gasteiger partial charge in [0.15, 0.2) is 5.11 Å². The number of hydrogen-bond acceptors (Lipinski definition) is 5.